The quantitative estimate of drug-likeness (QED) is 0.718. The molecule has 0 bridgehead atoms. The van der Waals surface area contributed by atoms with Crippen molar-refractivity contribution in [2.24, 2.45) is 17.4 Å². The van der Waals surface area contributed by atoms with E-state index in [4.69, 9.17) is 16.2 Å². The number of nitrogens with zero attached hydrogens (tertiary/aromatic N) is 1. The van der Waals surface area contributed by atoms with Gasteiger partial charge in [0.2, 0.25) is 5.91 Å². The molecule has 4 N–H and O–H groups in total. The molecule has 2 atom stereocenters. The molecule has 1 heterocycles. The third-order valence-electron chi connectivity index (χ3n) is 4.76. The first-order valence-electron chi connectivity index (χ1n) is 8.05. The van der Waals surface area contributed by atoms with Crippen LogP contribution in [0.3, 0.4) is 0 Å². The summed E-state index contributed by atoms with van der Waals surface area (Å²) in [5.74, 6) is 0.363. The molecule has 20 heavy (non-hydrogen) atoms. The highest BCUT2D eigenvalue weighted by Crippen LogP contribution is 2.25. The first-order valence-corrected chi connectivity index (χ1v) is 8.05. The minimum atomic E-state index is -0.237. The molecule has 1 saturated carbocycles. The third kappa shape index (κ3) is 4.43. The molecule has 116 valence electrons. The minimum absolute atomic E-state index is 0.128. The molecule has 1 aliphatic carbocycles. The van der Waals surface area contributed by atoms with Crippen molar-refractivity contribution in [2.75, 3.05) is 19.9 Å². The maximum atomic E-state index is 11.3. The second-order valence-electron chi connectivity index (χ2n) is 6.29. The van der Waals surface area contributed by atoms with Gasteiger partial charge in [-0.3, -0.25) is 9.69 Å². The van der Waals surface area contributed by atoms with Gasteiger partial charge in [-0.2, -0.15) is 0 Å². The minimum Gasteiger partial charge on any atom is -0.368 e. The molecule has 0 unspecified atom stereocenters. The normalized spacial score (nSPS) is 27.4. The molecule has 1 aliphatic heterocycles. The first kappa shape index (κ1) is 15.7. The summed E-state index contributed by atoms with van der Waals surface area (Å²) in [6.07, 6.45) is 9.63. The fourth-order valence-corrected chi connectivity index (χ4v) is 3.48. The maximum Gasteiger partial charge on any atom is 0.234 e. The fourth-order valence-electron chi connectivity index (χ4n) is 3.48. The Labute approximate surface area is 122 Å². The van der Waals surface area contributed by atoms with Crippen molar-refractivity contribution in [3.8, 4) is 0 Å². The number of hydrogen-bond acceptors (Lipinski definition) is 4. The van der Waals surface area contributed by atoms with Crippen LogP contribution in [-0.4, -0.2) is 42.8 Å². The molecule has 2 rings (SSSR count). The van der Waals surface area contributed by atoms with Crippen LogP contribution in [-0.2, 0) is 9.53 Å². The second-order valence-corrected chi connectivity index (χ2v) is 6.29. The van der Waals surface area contributed by atoms with Crippen LogP contribution in [0.1, 0.15) is 51.4 Å². The lowest BCUT2D eigenvalue weighted by Crippen LogP contribution is -2.43. The molecule has 2 aliphatic rings. The number of primary amides is 1. The Kier molecular flexibility index (Phi) is 6.26. The Hall–Kier alpha value is -0.650. The zero-order valence-corrected chi connectivity index (χ0v) is 12.4. The summed E-state index contributed by atoms with van der Waals surface area (Å²) < 4.78 is 5.75. The number of hydrogen-bond donors (Lipinski definition) is 2. The summed E-state index contributed by atoms with van der Waals surface area (Å²) in [5.41, 5.74) is 11.7. The van der Waals surface area contributed by atoms with Gasteiger partial charge >= 0.3 is 0 Å². The average molecular weight is 283 g/mol. The van der Waals surface area contributed by atoms with Gasteiger partial charge in [-0.15, -0.1) is 0 Å². The summed E-state index contributed by atoms with van der Waals surface area (Å²) in [7, 11) is 0. The molecule has 0 aromatic heterocycles. The number of ether oxygens (including phenoxy) is 1. The highest BCUT2D eigenvalue weighted by Gasteiger charge is 2.29. The van der Waals surface area contributed by atoms with Crippen molar-refractivity contribution in [1.29, 1.82) is 0 Å². The molecule has 2 fully saturated rings. The van der Waals surface area contributed by atoms with Gasteiger partial charge < -0.3 is 16.2 Å². The molecule has 0 spiro atoms. The predicted octanol–water partition coefficient (Wildman–Crippen LogP) is 1.21. The van der Waals surface area contributed by atoms with Crippen molar-refractivity contribution in [3.63, 3.8) is 0 Å². The van der Waals surface area contributed by atoms with Crippen LogP contribution in [0.25, 0.3) is 0 Å². The summed E-state index contributed by atoms with van der Waals surface area (Å²) >= 11 is 0. The first-order chi connectivity index (χ1) is 9.68. The van der Waals surface area contributed by atoms with Gasteiger partial charge in [0.1, 0.15) is 0 Å². The highest BCUT2D eigenvalue weighted by atomic mass is 16.5. The zero-order chi connectivity index (χ0) is 14.4. The molecule has 5 heteroatoms. The fraction of sp³-hybridized carbons (Fsp3) is 0.933. The number of carbonyl (C=O) groups is 1. The standard InChI is InChI=1S/C15H29N3O2/c16-13(12-6-3-1-2-4-7-12)10-20-11-18-9-5-8-14(18)15(17)19/h12-14H,1-11,16H2,(H2,17,19)/t13-,14+/m1/s1. The van der Waals surface area contributed by atoms with Crippen LogP contribution in [0, 0.1) is 5.92 Å². The lowest BCUT2D eigenvalue weighted by Gasteiger charge is -2.25. The van der Waals surface area contributed by atoms with Gasteiger partial charge in [0, 0.05) is 12.6 Å². The third-order valence-corrected chi connectivity index (χ3v) is 4.76. The van der Waals surface area contributed by atoms with Crippen molar-refractivity contribution in [3.05, 3.63) is 0 Å². The summed E-state index contributed by atoms with van der Waals surface area (Å²) in [4.78, 5) is 13.3. The van der Waals surface area contributed by atoms with Crippen molar-refractivity contribution in [1.82, 2.24) is 4.90 Å². The van der Waals surface area contributed by atoms with Crippen molar-refractivity contribution >= 4 is 5.91 Å². The number of likely N-dealkylation sites (tertiary alicyclic amines) is 1. The van der Waals surface area contributed by atoms with E-state index in [0.717, 1.165) is 19.4 Å². The molecule has 5 nitrogen and oxygen atoms in total. The zero-order valence-electron chi connectivity index (χ0n) is 12.4. The lowest BCUT2D eigenvalue weighted by atomic mass is 9.93. The summed E-state index contributed by atoms with van der Waals surface area (Å²) in [6.45, 7) is 1.97. The number of carbonyl (C=O) groups excluding carboxylic acids is 1. The smallest absolute Gasteiger partial charge is 0.234 e. The van der Waals surface area contributed by atoms with Gasteiger partial charge in [0.15, 0.2) is 0 Å². The van der Waals surface area contributed by atoms with E-state index in [1.807, 2.05) is 4.90 Å². The topological polar surface area (TPSA) is 81.6 Å². The Bertz CT molecular complexity index is 303. The van der Waals surface area contributed by atoms with Crippen molar-refractivity contribution in [2.45, 2.75) is 63.5 Å². The van der Waals surface area contributed by atoms with E-state index in [2.05, 4.69) is 0 Å². The van der Waals surface area contributed by atoms with Gasteiger partial charge in [0.05, 0.1) is 19.4 Å². The number of nitrogens with two attached hydrogens (primary N) is 2. The summed E-state index contributed by atoms with van der Waals surface area (Å²) in [6, 6.07) is -0.0214. The van der Waals surface area contributed by atoms with Crippen LogP contribution in [0.2, 0.25) is 0 Å². The van der Waals surface area contributed by atoms with E-state index >= 15 is 0 Å². The molecular weight excluding hydrogens is 254 g/mol. The summed E-state index contributed by atoms with van der Waals surface area (Å²) in [5, 5.41) is 0. The van der Waals surface area contributed by atoms with E-state index in [0.29, 0.717) is 19.3 Å². The number of amides is 1. The lowest BCUT2D eigenvalue weighted by molar-refractivity contribution is -0.124. The van der Waals surface area contributed by atoms with E-state index in [9.17, 15) is 4.79 Å². The Morgan fingerprint density at radius 2 is 1.85 bits per heavy atom. The van der Waals surface area contributed by atoms with E-state index in [1.165, 1.54) is 38.5 Å². The van der Waals surface area contributed by atoms with E-state index in [1.54, 1.807) is 0 Å². The average Bonchev–Trinajstić information content (AvgIpc) is 2.72. The predicted molar refractivity (Wildman–Crippen MR) is 78.9 cm³/mol. The number of rotatable bonds is 6. The maximum absolute atomic E-state index is 11.3. The van der Waals surface area contributed by atoms with E-state index in [-0.39, 0.29) is 18.0 Å². The van der Waals surface area contributed by atoms with Gasteiger partial charge in [0.25, 0.3) is 0 Å². The van der Waals surface area contributed by atoms with Crippen molar-refractivity contribution < 1.29 is 9.53 Å². The molecule has 1 saturated heterocycles. The molecular formula is C15H29N3O2. The van der Waals surface area contributed by atoms with Gasteiger partial charge in [-0.05, 0) is 31.6 Å². The van der Waals surface area contributed by atoms with Gasteiger partial charge in [-0.25, -0.2) is 0 Å². The van der Waals surface area contributed by atoms with E-state index < -0.39 is 0 Å². The Balaban J connectivity index is 1.68. The monoisotopic (exact) mass is 283 g/mol. The van der Waals surface area contributed by atoms with Crippen LogP contribution in [0.5, 0.6) is 0 Å². The van der Waals surface area contributed by atoms with Gasteiger partial charge in [-0.1, -0.05) is 25.7 Å². The second kappa shape index (κ2) is 7.96. The molecule has 1 amide bonds. The van der Waals surface area contributed by atoms with Crippen LogP contribution in [0.15, 0.2) is 0 Å². The SMILES string of the molecule is NC(=O)[C@@H]1CCCN1COC[C@@H](N)C1CCCCCC1. The Morgan fingerprint density at radius 3 is 2.50 bits per heavy atom. The molecule has 0 aromatic rings. The molecule has 0 aromatic carbocycles. The van der Waals surface area contributed by atoms with Crippen LogP contribution < -0.4 is 11.5 Å². The largest absolute Gasteiger partial charge is 0.368 e. The van der Waals surface area contributed by atoms with Crippen LogP contribution in [0.4, 0.5) is 0 Å². The van der Waals surface area contributed by atoms with Crippen LogP contribution >= 0.6 is 0 Å². The Morgan fingerprint density at radius 1 is 1.15 bits per heavy atom. The molecule has 0 radical (unpaired) electrons. The highest BCUT2D eigenvalue weighted by molar-refractivity contribution is 5.80.